The summed E-state index contributed by atoms with van der Waals surface area (Å²) in [6, 6.07) is 0.231. The van der Waals surface area contributed by atoms with Crippen molar-refractivity contribution in [3.05, 3.63) is 0 Å². The predicted molar refractivity (Wildman–Crippen MR) is 61.6 cm³/mol. The van der Waals surface area contributed by atoms with E-state index in [4.69, 9.17) is 0 Å². The molecular weight excluding hydrogens is 210 g/mol. The molecule has 4 atom stereocenters. The topological polar surface area (TPSA) is 46.2 Å². The average molecular weight is 231 g/mol. The van der Waals surface area contributed by atoms with Crippen LogP contribution in [0.3, 0.4) is 0 Å². The van der Waals surface area contributed by atoms with Crippen LogP contribution in [0.15, 0.2) is 0 Å². The van der Waals surface area contributed by atoms with Gasteiger partial charge in [-0.2, -0.15) is 0 Å². The standard InChI is InChI=1S/C11H21NO2S/c1-3-9-4-5-10-11(6-9)15(13,14)8(2)7-12-10/h8-12H,3-7H2,1-2H3. The average Bonchev–Trinajstić information content (AvgIpc) is 2.24. The first-order valence-electron chi connectivity index (χ1n) is 6.01. The fraction of sp³-hybridized carbons (Fsp3) is 1.00. The second kappa shape index (κ2) is 4.06. The summed E-state index contributed by atoms with van der Waals surface area (Å²) >= 11 is 0. The van der Waals surface area contributed by atoms with Crippen LogP contribution in [0.2, 0.25) is 0 Å². The van der Waals surface area contributed by atoms with Crippen LogP contribution in [0.1, 0.15) is 39.5 Å². The molecule has 4 heteroatoms. The van der Waals surface area contributed by atoms with E-state index in [-0.39, 0.29) is 16.5 Å². The van der Waals surface area contributed by atoms with Gasteiger partial charge in [0.25, 0.3) is 0 Å². The van der Waals surface area contributed by atoms with Crippen molar-refractivity contribution in [1.29, 1.82) is 0 Å². The summed E-state index contributed by atoms with van der Waals surface area (Å²) in [5.41, 5.74) is 0. The lowest BCUT2D eigenvalue weighted by Gasteiger charge is -2.41. The lowest BCUT2D eigenvalue weighted by Crippen LogP contribution is -2.58. The smallest absolute Gasteiger partial charge is 0.158 e. The lowest BCUT2D eigenvalue weighted by molar-refractivity contribution is 0.276. The molecule has 0 aromatic rings. The third-order valence-corrected chi connectivity index (χ3v) is 6.78. The Kier molecular flexibility index (Phi) is 3.08. The van der Waals surface area contributed by atoms with Gasteiger partial charge in [0.1, 0.15) is 0 Å². The molecule has 15 heavy (non-hydrogen) atoms. The first-order valence-corrected chi connectivity index (χ1v) is 7.62. The van der Waals surface area contributed by atoms with Crippen molar-refractivity contribution in [1.82, 2.24) is 5.32 Å². The molecule has 4 unspecified atom stereocenters. The van der Waals surface area contributed by atoms with Crippen LogP contribution in [0, 0.1) is 5.92 Å². The van der Waals surface area contributed by atoms with Gasteiger partial charge in [0.05, 0.1) is 10.5 Å². The molecule has 1 saturated carbocycles. The van der Waals surface area contributed by atoms with E-state index in [9.17, 15) is 8.42 Å². The molecule has 1 aliphatic carbocycles. The summed E-state index contributed by atoms with van der Waals surface area (Å²) in [5, 5.41) is 3.08. The van der Waals surface area contributed by atoms with E-state index < -0.39 is 9.84 Å². The summed E-state index contributed by atoms with van der Waals surface area (Å²) in [5.74, 6) is 0.619. The summed E-state index contributed by atoms with van der Waals surface area (Å²) in [6.07, 6.45) is 4.22. The van der Waals surface area contributed by atoms with Gasteiger partial charge in [-0.3, -0.25) is 0 Å². The Labute approximate surface area is 92.6 Å². The molecule has 0 aromatic heterocycles. The Balaban J connectivity index is 2.19. The molecule has 3 nitrogen and oxygen atoms in total. The second-order valence-electron chi connectivity index (χ2n) is 5.04. The number of hydrogen-bond donors (Lipinski definition) is 1. The van der Waals surface area contributed by atoms with E-state index in [2.05, 4.69) is 12.2 Å². The van der Waals surface area contributed by atoms with E-state index in [1.165, 1.54) is 6.42 Å². The summed E-state index contributed by atoms with van der Waals surface area (Å²) in [7, 11) is -2.87. The molecule has 0 aromatic carbocycles. The molecule has 2 aliphatic rings. The quantitative estimate of drug-likeness (QED) is 0.741. The highest BCUT2D eigenvalue weighted by molar-refractivity contribution is 7.92. The maximum Gasteiger partial charge on any atom is 0.158 e. The molecule has 2 fully saturated rings. The summed E-state index contributed by atoms with van der Waals surface area (Å²) in [6.45, 7) is 4.63. The van der Waals surface area contributed by atoms with Gasteiger partial charge < -0.3 is 5.32 Å². The first-order chi connectivity index (χ1) is 7.05. The van der Waals surface area contributed by atoms with Crippen molar-refractivity contribution < 1.29 is 8.42 Å². The molecule has 0 bridgehead atoms. The highest BCUT2D eigenvalue weighted by Gasteiger charge is 2.44. The molecule has 1 N–H and O–H groups in total. The van der Waals surface area contributed by atoms with Crippen molar-refractivity contribution in [3.63, 3.8) is 0 Å². The Morgan fingerprint density at radius 2 is 2.07 bits per heavy atom. The zero-order valence-corrected chi connectivity index (χ0v) is 10.4. The van der Waals surface area contributed by atoms with Crippen molar-refractivity contribution in [2.75, 3.05) is 6.54 Å². The molecule has 1 saturated heterocycles. The number of rotatable bonds is 1. The van der Waals surface area contributed by atoms with E-state index >= 15 is 0 Å². The zero-order valence-electron chi connectivity index (χ0n) is 9.57. The monoisotopic (exact) mass is 231 g/mol. The van der Waals surface area contributed by atoms with Gasteiger partial charge in [-0.1, -0.05) is 13.3 Å². The van der Waals surface area contributed by atoms with Gasteiger partial charge in [-0.15, -0.1) is 0 Å². The fourth-order valence-electron chi connectivity index (χ4n) is 2.91. The zero-order chi connectivity index (χ0) is 11.1. The molecule has 0 radical (unpaired) electrons. The van der Waals surface area contributed by atoms with Crippen LogP contribution in [-0.2, 0) is 9.84 Å². The number of nitrogens with one attached hydrogen (secondary N) is 1. The lowest BCUT2D eigenvalue weighted by atomic mass is 9.84. The van der Waals surface area contributed by atoms with Gasteiger partial charge in [0.2, 0.25) is 0 Å². The van der Waals surface area contributed by atoms with E-state index in [0.717, 1.165) is 19.3 Å². The van der Waals surface area contributed by atoms with Gasteiger partial charge in [0, 0.05) is 12.6 Å². The third-order valence-electron chi connectivity index (χ3n) is 4.13. The van der Waals surface area contributed by atoms with Crippen LogP contribution in [0.4, 0.5) is 0 Å². The maximum atomic E-state index is 12.2. The van der Waals surface area contributed by atoms with E-state index in [0.29, 0.717) is 12.5 Å². The van der Waals surface area contributed by atoms with Crippen LogP contribution >= 0.6 is 0 Å². The van der Waals surface area contributed by atoms with Crippen molar-refractivity contribution in [2.45, 2.75) is 56.1 Å². The number of hydrogen-bond acceptors (Lipinski definition) is 3. The Morgan fingerprint density at radius 3 is 2.73 bits per heavy atom. The van der Waals surface area contributed by atoms with Crippen LogP contribution < -0.4 is 5.32 Å². The molecule has 2 rings (SSSR count). The highest BCUT2D eigenvalue weighted by atomic mass is 32.2. The maximum absolute atomic E-state index is 12.2. The van der Waals surface area contributed by atoms with E-state index in [1.807, 2.05) is 6.92 Å². The summed E-state index contributed by atoms with van der Waals surface area (Å²) < 4.78 is 24.3. The molecule has 1 heterocycles. The fourth-order valence-corrected chi connectivity index (χ4v) is 5.07. The minimum absolute atomic E-state index is 0.111. The van der Waals surface area contributed by atoms with Crippen LogP contribution in [0.5, 0.6) is 0 Å². The van der Waals surface area contributed by atoms with Gasteiger partial charge >= 0.3 is 0 Å². The second-order valence-corrected chi connectivity index (χ2v) is 7.63. The largest absolute Gasteiger partial charge is 0.311 e. The molecule has 0 spiro atoms. The molecule has 1 aliphatic heterocycles. The van der Waals surface area contributed by atoms with Gasteiger partial charge in [0.15, 0.2) is 9.84 Å². The Morgan fingerprint density at radius 1 is 1.33 bits per heavy atom. The van der Waals surface area contributed by atoms with Crippen molar-refractivity contribution in [3.8, 4) is 0 Å². The van der Waals surface area contributed by atoms with E-state index in [1.54, 1.807) is 0 Å². The minimum atomic E-state index is -2.87. The van der Waals surface area contributed by atoms with Crippen molar-refractivity contribution >= 4 is 9.84 Å². The minimum Gasteiger partial charge on any atom is -0.311 e. The number of fused-ring (bicyclic) bond motifs is 1. The summed E-state index contributed by atoms with van der Waals surface area (Å²) in [4.78, 5) is 0. The SMILES string of the molecule is CCC1CCC2NCC(C)S(=O)(=O)C2C1. The molecular formula is C11H21NO2S. The number of sulfone groups is 1. The van der Waals surface area contributed by atoms with Gasteiger partial charge in [-0.05, 0) is 32.1 Å². The van der Waals surface area contributed by atoms with Crippen LogP contribution in [0.25, 0.3) is 0 Å². The predicted octanol–water partition coefficient (Wildman–Crippen LogP) is 1.34. The van der Waals surface area contributed by atoms with Gasteiger partial charge in [-0.25, -0.2) is 8.42 Å². The highest BCUT2D eigenvalue weighted by Crippen LogP contribution is 2.34. The van der Waals surface area contributed by atoms with Crippen molar-refractivity contribution in [2.24, 2.45) is 5.92 Å². The molecule has 88 valence electrons. The Bertz CT molecular complexity index is 325. The first kappa shape index (κ1) is 11.4. The Hall–Kier alpha value is -0.0900. The third kappa shape index (κ3) is 1.94. The van der Waals surface area contributed by atoms with Crippen LogP contribution in [-0.4, -0.2) is 31.5 Å². The normalized spacial score (nSPS) is 44.7. The molecule has 0 amide bonds.